The second kappa shape index (κ2) is 6.53. The van der Waals surface area contributed by atoms with Gasteiger partial charge in [0.2, 0.25) is 10.0 Å². The van der Waals surface area contributed by atoms with E-state index in [1.807, 2.05) is 13.8 Å². The van der Waals surface area contributed by atoms with Crippen LogP contribution in [-0.4, -0.2) is 38.7 Å². The first kappa shape index (κ1) is 16.6. The molecule has 0 aliphatic carbocycles. The van der Waals surface area contributed by atoms with E-state index in [1.54, 1.807) is 0 Å². The van der Waals surface area contributed by atoms with E-state index < -0.39 is 22.0 Å². The van der Waals surface area contributed by atoms with Crippen molar-refractivity contribution < 1.29 is 27.8 Å². The highest BCUT2D eigenvalue weighted by molar-refractivity contribution is 7.89. The van der Waals surface area contributed by atoms with Crippen molar-refractivity contribution in [2.75, 3.05) is 13.2 Å². The van der Waals surface area contributed by atoms with E-state index in [1.165, 1.54) is 18.2 Å². The van der Waals surface area contributed by atoms with E-state index in [0.717, 1.165) is 0 Å². The largest absolute Gasteiger partial charge is 0.486 e. The zero-order valence-corrected chi connectivity index (χ0v) is 13.2. The summed E-state index contributed by atoms with van der Waals surface area (Å²) in [5.74, 6) is -0.342. The Kier molecular flexibility index (Phi) is 4.92. The minimum absolute atomic E-state index is 0.0454. The summed E-state index contributed by atoms with van der Waals surface area (Å²) in [6.45, 7) is 4.41. The van der Waals surface area contributed by atoms with E-state index >= 15 is 0 Å². The van der Waals surface area contributed by atoms with Crippen molar-refractivity contribution in [3.05, 3.63) is 18.2 Å². The maximum atomic E-state index is 12.3. The molecule has 1 heterocycles. The predicted octanol–water partition coefficient (Wildman–Crippen LogP) is 1.24. The number of ether oxygens (including phenoxy) is 2. The molecule has 2 rings (SSSR count). The van der Waals surface area contributed by atoms with Gasteiger partial charge in [-0.05, 0) is 24.5 Å². The fourth-order valence-corrected chi connectivity index (χ4v) is 3.33. The lowest BCUT2D eigenvalue weighted by Crippen LogP contribution is -2.41. The summed E-state index contributed by atoms with van der Waals surface area (Å²) in [5, 5.41) is 9.15. The first-order chi connectivity index (χ1) is 10.3. The number of nitrogens with one attached hydrogen (secondary N) is 1. The minimum atomic E-state index is -3.95. The molecule has 0 saturated heterocycles. The van der Waals surface area contributed by atoms with Crippen LogP contribution in [0.1, 0.15) is 20.3 Å². The standard InChI is InChI=1S/C14H19NO6S/c1-9(2)7-11(14(16)17)15-22(18,19)10-3-4-12-13(8-10)21-6-5-20-12/h3-4,8-9,11,15H,5-7H2,1-2H3,(H,16,17). The Hall–Kier alpha value is -1.80. The summed E-state index contributed by atoms with van der Waals surface area (Å²) in [7, 11) is -3.95. The zero-order valence-electron chi connectivity index (χ0n) is 12.4. The molecule has 8 heteroatoms. The molecule has 122 valence electrons. The summed E-state index contributed by atoms with van der Waals surface area (Å²) < 4.78 is 37.6. The van der Waals surface area contributed by atoms with E-state index in [9.17, 15) is 13.2 Å². The smallest absolute Gasteiger partial charge is 0.321 e. The molecule has 2 N–H and O–H groups in total. The Balaban J connectivity index is 2.24. The molecule has 22 heavy (non-hydrogen) atoms. The second-order valence-electron chi connectivity index (χ2n) is 5.45. The minimum Gasteiger partial charge on any atom is -0.486 e. The Labute approximate surface area is 129 Å². The van der Waals surface area contributed by atoms with Gasteiger partial charge in [0.1, 0.15) is 19.3 Å². The van der Waals surface area contributed by atoms with Crippen molar-refractivity contribution in [3.8, 4) is 11.5 Å². The number of fused-ring (bicyclic) bond motifs is 1. The number of rotatable bonds is 6. The highest BCUT2D eigenvalue weighted by Crippen LogP contribution is 2.32. The summed E-state index contributed by atoms with van der Waals surface area (Å²) in [5.41, 5.74) is 0. The molecule has 1 aliphatic heterocycles. The van der Waals surface area contributed by atoms with Gasteiger partial charge in [-0.1, -0.05) is 13.8 Å². The SMILES string of the molecule is CC(C)CC(NS(=O)(=O)c1ccc2c(c1)OCCO2)C(=O)O. The van der Waals surface area contributed by atoms with Crippen LogP contribution in [0, 0.1) is 5.92 Å². The lowest BCUT2D eigenvalue weighted by atomic mass is 10.1. The molecule has 0 aromatic heterocycles. The number of carbonyl (C=O) groups is 1. The number of carboxylic acids is 1. The van der Waals surface area contributed by atoms with Crippen molar-refractivity contribution in [2.24, 2.45) is 5.92 Å². The van der Waals surface area contributed by atoms with Gasteiger partial charge in [-0.3, -0.25) is 4.79 Å². The molecule has 0 bridgehead atoms. The van der Waals surface area contributed by atoms with Gasteiger partial charge in [0.15, 0.2) is 11.5 Å². The molecular weight excluding hydrogens is 310 g/mol. The van der Waals surface area contributed by atoms with Crippen LogP contribution >= 0.6 is 0 Å². The molecule has 0 fully saturated rings. The third-order valence-electron chi connectivity index (χ3n) is 3.13. The third kappa shape index (κ3) is 3.89. The normalized spacial score (nSPS) is 15.6. The van der Waals surface area contributed by atoms with Gasteiger partial charge in [-0.2, -0.15) is 4.72 Å². The van der Waals surface area contributed by atoms with Gasteiger partial charge in [-0.25, -0.2) is 8.42 Å². The summed E-state index contributed by atoms with van der Waals surface area (Å²) in [4.78, 5) is 11.2. The quantitative estimate of drug-likeness (QED) is 0.814. The fourth-order valence-electron chi connectivity index (χ4n) is 2.12. The Morgan fingerprint density at radius 1 is 1.27 bits per heavy atom. The van der Waals surface area contributed by atoms with Gasteiger partial charge in [0.05, 0.1) is 4.90 Å². The zero-order chi connectivity index (χ0) is 16.3. The monoisotopic (exact) mass is 329 g/mol. The third-order valence-corrected chi connectivity index (χ3v) is 4.60. The molecule has 0 amide bonds. The molecule has 1 aromatic rings. The van der Waals surface area contributed by atoms with Crippen LogP contribution in [0.2, 0.25) is 0 Å². The van der Waals surface area contributed by atoms with Crippen LogP contribution in [0.3, 0.4) is 0 Å². The van der Waals surface area contributed by atoms with E-state index in [4.69, 9.17) is 14.6 Å². The molecule has 1 aliphatic rings. The average Bonchev–Trinajstić information content (AvgIpc) is 2.45. The number of benzene rings is 1. The highest BCUT2D eigenvalue weighted by Gasteiger charge is 2.27. The Morgan fingerprint density at radius 3 is 2.50 bits per heavy atom. The number of hydrogen-bond acceptors (Lipinski definition) is 5. The van der Waals surface area contributed by atoms with Gasteiger partial charge in [-0.15, -0.1) is 0 Å². The van der Waals surface area contributed by atoms with Crippen molar-refractivity contribution in [1.82, 2.24) is 4.72 Å². The molecule has 1 aromatic carbocycles. The number of carboxylic acid groups (broad SMARTS) is 1. The van der Waals surface area contributed by atoms with Gasteiger partial charge in [0, 0.05) is 6.07 Å². The first-order valence-corrected chi connectivity index (χ1v) is 8.42. The van der Waals surface area contributed by atoms with Gasteiger partial charge < -0.3 is 14.6 Å². The maximum absolute atomic E-state index is 12.3. The molecule has 0 spiro atoms. The summed E-state index contributed by atoms with van der Waals surface area (Å²) >= 11 is 0. The van der Waals surface area contributed by atoms with Crippen molar-refractivity contribution in [3.63, 3.8) is 0 Å². The van der Waals surface area contributed by atoms with Crippen LogP contribution in [0.5, 0.6) is 11.5 Å². The van der Waals surface area contributed by atoms with Crippen molar-refractivity contribution in [1.29, 1.82) is 0 Å². The average molecular weight is 329 g/mol. The van der Waals surface area contributed by atoms with Crippen LogP contribution in [0.15, 0.2) is 23.1 Å². The fraction of sp³-hybridized carbons (Fsp3) is 0.500. The first-order valence-electron chi connectivity index (χ1n) is 6.94. The van der Waals surface area contributed by atoms with E-state index in [0.29, 0.717) is 24.7 Å². The molecule has 7 nitrogen and oxygen atoms in total. The molecule has 1 unspecified atom stereocenters. The van der Waals surface area contributed by atoms with Crippen molar-refractivity contribution >= 4 is 16.0 Å². The van der Waals surface area contributed by atoms with Crippen molar-refractivity contribution in [2.45, 2.75) is 31.2 Å². The number of sulfonamides is 1. The molecule has 1 atom stereocenters. The molecule has 0 radical (unpaired) electrons. The predicted molar refractivity (Wildman–Crippen MR) is 78.6 cm³/mol. The van der Waals surface area contributed by atoms with Crippen LogP contribution in [0.25, 0.3) is 0 Å². The Bertz CT molecular complexity index is 655. The highest BCUT2D eigenvalue weighted by atomic mass is 32.2. The summed E-state index contributed by atoms with van der Waals surface area (Å²) in [6, 6.07) is 3.04. The van der Waals surface area contributed by atoms with Crippen LogP contribution in [-0.2, 0) is 14.8 Å². The van der Waals surface area contributed by atoms with E-state index in [2.05, 4.69) is 4.72 Å². The molecular formula is C14H19NO6S. The van der Waals surface area contributed by atoms with Crippen LogP contribution in [0.4, 0.5) is 0 Å². The number of aliphatic carboxylic acids is 1. The second-order valence-corrected chi connectivity index (χ2v) is 7.16. The summed E-state index contributed by atoms with van der Waals surface area (Å²) in [6.07, 6.45) is 0.207. The number of hydrogen-bond donors (Lipinski definition) is 2. The maximum Gasteiger partial charge on any atom is 0.321 e. The topological polar surface area (TPSA) is 102 Å². The Morgan fingerprint density at radius 2 is 1.91 bits per heavy atom. The molecule has 0 saturated carbocycles. The van der Waals surface area contributed by atoms with Crippen LogP contribution < -0.4 is 14.2 Å². The van der Waals surface area contributed by atoms with Gasteiger partial charge >= 0.3 is 5.97 Å². The lowest BCUT2D eigenvalue weighted by molar-refractivity contribution is -0.139. The van der Waals surface area contributed by atoms with Gasteiger partial charge in [0.25, 0.3) is 0 Å². The van der Waals surface area contributed by atoms with E-state index in [-0.39, 0.29) is 17.2 Å². The lowest BCUT2D eigenvalue weighted by Gasteiger charge is -2.20.